The molecule has 45 heavy (non-hydrogen) atoms. The number of amides is 1. The van der Waals surface area contributed by atoms with Crippen molar-refractivity contribution in [2.24, 2.45) is 0 Å². The molecule has 1 aliphatic heterocycles. The van der Waals surface area contributed by atoms with E-state index in [1.165, 1.54) is 26.8 Å². The van der Waals surface area contributed by atoms with Gasteiger partial charge in [-0.2, -0.15) is 13.2 Å². The predicted octanol–water partition coefficient (Wildman–Crippen LogP) is 5.38. The molecule has 1 aliphatic carbocycles. The third-order valence-corrected chi connectivity index (χ3v) is 8.02. The Balaban J connectivity index is 1.38. The zero-order valence-corrected chi connectivity index (χ0v) is 25.3. The third-order valence-electron chi connectivity index (χ3n) is 8.02. The molecule has 0 radical (unpaired) electrons. The Bertz CT molecular complexity index is 1680. The fraction of sp³-hybridized carbons (Fsp3) is 0.375. The van der Waals surface area contributed by atoms with Gasteiger partial charge in [0.25, 0.3) is 0 Å². The number of rotatable bonds is 10. The summed E-state index contributed by atoms with van der Waals surface area (Å²) in [5, 5.41) is 26.9. The monoisotopic (exact) mass is 630 g/mol. The number of fused-ring (bicyclic) bond motifs is 3. The first-order valence-electron chi connectivity index (χ1n) is 14.1. The lowest BCUT2D eigenvalue weighted by Crippen LogP contribution is -2.41. The molecular weight excluding hydrogens is 597 g/mol. The first kappa shape index (κ1) is 33.1. The number of allylic oxidation sites excluding steroid dienone is 4. The number of benzene rings is 2. The molecule has 1 amide bonds. The number of aromatic hydroxyl groups is 2. The molecule has 1 unspecified atom stereocenters. The second-order valence-corrected chi connectivity index (χ2v) is 11.1. The number of carbonyl (C=O) groups excluding carboxylic acids is 4. The summed E-state index contributed by atoms with van der Waals surface area (Å²) in [6.45, 7) is 5.99. The van der Waals surface area contributed by atoms with E-state index < -0.39 is 51.9 Å². The van der Waals surface area contributed by atoms with Crippen LogP contribution >= 0.6 is 0 Å². The highest BCUT2D eigenvalue weighted by Crippen LogP contribution is 2.57. The zero-order chi connectivity index (χ0) is 33.4. The molecule has 240 valence electrons. The fourth-order valence-electron chi connectivity index (χ4n) is 5.54. The number of unbranched alkanes of at least 4 members (excludes halogenated alkanes) is 2. The molecular formula is C32H33F3N2O8. The maximum atomic E-state index is 13.8. The van der Waals surface area contributed by atoms with Crippen molar-refractivity contribution in [3.63, 3.8) is 0 Å². The van der Waals surface area contributed by atoms with E-state index in [4.69, 9.17) is 9.47 Å². The van der Waals surface area contributed by atoms with Crippen molar-refractivity contribution in [2.45, 2.75) is 65.0 Å². The highest BCUT2D eigenvalue weighted by atomic mass is 19.4. The highest BCUT2D eigenvalue weighted by molar-refractivity contribution is 6.31. The quantitative estimate of drug-likeness (QED) is 0.117. The van der Waals surface area contributed by atoms with Gasteiger partial charge in [-0.3, -0.25) is 19.2 Å². The number of phenols is 2. The number of carbonyl (C=O) groups is 4. The lowest BCUT2D eigenvalue weighted by molar-refractivity contribution is -0.138. The summed E-state index contributed by atoms with van der Waals surface area (Å²) in [5.74, 6) is -3.73. The van der Waals surface area contributed by atoms with E-state index in [1.54, 1.807) is 6.92 Å². The van der Waals surface area contributed by atoms with Crippen LogP contribution in [0, 0.1) is 6.92 Å². The molecule has 0 saturated carbocycles. The topological polar surface area (TPSA) is 151 Å². The van der Waals surface area contributed by atoms with E-state index in [0.29, 0.717) is 25.8 Å². The maximum Gasteiger partial charge on any atom is 0.420 e. The number of hydrogen-bond donors (Lipinski definition) is 4. The number of ether oxygens (including phenoxy) is 2. The Morgan fingerprint density at radius 2 is 1.76 bits per heavy atom. The summed E-state index contributed by atoms with van der Waals surface area (Å²) in [7, 11) is 1.13. The number of Topliss-reactive ketones (excluding diaryl/α,β-unsaturated/α-hetero) is 2. The number of anilines is 1. The number of methoxy groups -OCH3 is 1. The van der Waals surface area contributed by atoms with Crippen LogP contribution in [0.5, 0.6) is 23.0 Å². The molecule has 1 heterocycles. The van der Waals surface area contributed by atoms with Gasteiger partial charge >= 0.3 is 6.18 Å². The standard InChI is InChI=1S/C32H33F3N2O8/c1-15-27(41)25(17(3)38)29-26(28(15)42)31(4)22(45-29)14-20(39)24(30(31)43)16(2)36-12-8-6-7-9-23(40)37-18-10-11-21(44-5)19(13-18)32(33,34)35/h10-11,13-14,36,41-42H,6-9,12H2,1-5H3,(H,37,40)/b24-16+. The lowest BCUT2D eigenvalue weighted by atomic mass is 9.70. The Morgan fingerprint density at radius 1 is 1.07 bits per heavy atom. The van der Waals surface area contributed by atoms with Crippen molar-refractivity contribution in [3.05, 3.63) is 63.6 Å². The molecule has 2 aromatic rings. The Hall–Kier alpha value is -4.81. The van der Waals surface area contributed by atoms with Gasteiger partial charge in [0, 0.05) is 36.0 Å². The summed E-state index contributed by atoms with van der Waals surface area (Å²) in [5.41, 5.74) is -2.67. The molecule has 0 fully saturated rings. The average molecular weight is 631 g/mol. The summed E-state index contributed by atoms with van der Waals surface area (Å²) < 4.78 is 50.2. The minimum absolute atomic E-state index is 0.000373. The summed E-state index contributed by atoms with van der Waals surface area (Å²) in [4.78, 5) is 51.5. The van der Waals surface area contributed by atoms with Gasteiger partial charge in [0.1, 0.15) is 39.7 Å². The first-order valence-corrected chi connectivity index (χ1v) is 14.1. The normalized spacial score (nSPS) is 18.4. The smallest absolute Gasteiger partial charge is 0.420 e. The molecule has 4 rings (SSSR count). The van der Waals surface area contributed by atoms with Crippen LogP contribution in [0.2, 0.25) is 0 Å². The molecule has 2 aliphatic rings. The minimum Gasteiger partial charge on any atom is -0.507 e. The molecule has 0 saturated heterocycles. The van der Waals surface area contributed by atoms with Crippen LogP contribution < -0.4 is 20.1 Å². The van der Waals surface area contributed by atoms with E-state index in [1.807, 2.05) is 0 Å². The molecule has 10 nitrogen and oxygen atoms in total. The molecule has 0 bridgehead atoms. The van der Waals surface area contributed by atoms with Crippen LogP contribution in [0.25, 0.3) is 0 Å². The van der Waals surface area contributed by atoms with Crippen molar-refractivity contribution in [1.82, 2.24) is 5.32 Å². The van der Waals surface area contributed by atoms with Crippen LogP contribution in [0.3, 0.4) is 0 Å². The maximum absolute atomic E-state index is 13.8. The lowest BCUT2D eigenvalue weighted by Gasteiger charge is -2.29. The average Bonchev–Trinajstić information content (AvgIpc) is 3.25. The highest BCUT2D eigenvalue weighted by Gasteiger charge is 2.56. The third kappa shape index (κ3) is 5.98. The Labute approximate surface area is 256 Å². The van der Waals surface area contributed by atoms with Crippen LogP contribution in [0.15, 0.2) is 41.3 Å². The van der Waals surface area contributed by atoms with Gasteiger partial charge in [0.2, 0.25) is 5.91 Å². The van der Waals surface area contributed by atoms with Gasteiger partial charge in [-0.1, -0.05) is 6.42 Å². The van der Waals surface area contributed by atoms with Crippen LogP contribution in [-0.2, 0) is 26.0 Å². The molecule has 1 atom stereocenters. The number of ketones is 3. The molecule has 13 heteroatoms. The van der Waals surface area contributed by atoms with Crippen LogP contribution in [-0.4, -0.2) is 47.1 Å². The van der Waals surface area contributed by atoms with Crippen LogP contribution in [0.1, 0.15) is 73.5 Å². The zero-order valence-electron chi connectivity index (χ0n) is 25.3. The van der Waals surface area contributed by atoms with Crippen molar-refractivity contribution in [1.29, 1.82) is 0 Å². The second kappa shape index (κ2) is 12.3. The molecule has 2 aromatic carbocycles. The Kier molecular flexibility index (Phi) is 9.04. The molecule has 0 spiro atoms. The van der Waals surface area contributed by atoms with Crippen LogP contribution in [0.4, 0.5) is 18.9 Å². The minimum atomic E-state index is -4.64. The largest absolute Gasteiger partial charge is 0.507 e. The van der Waals surface area contributed by atoms with E-state index in [0.717, 1.165) is 25.3 Å². The number of phenolic OH excluding ortho intramolecular Hbond substituents is 2. The van der Waals surface area contributed by atoms with Gasteiger partial charge < -0.3 is 30.3 Å². The number of alkyl halides is 3. The Morgan fingerprint density at radius 3 is 2.38 bits per heavy atom. The van der Waals surface area contributed by atoms with E-state index in [9.17, 15) is 42.6 Å². The number of hydrogen-bond acceptors (Lipinski definition) is 9. The first-order chi connectivity index (χ1) is 21.0. The van der Waals surface area contributed by atoms with E-state index >= 15 is 0 Å². The van der Waals surface area contributed by atoms with E-state index in [2.05, 4.69) is 10.6 Å². The summed E-state index contributed by atoms with van der Waals surface area (Å²) in [6.07, 6.45) is -1.89. The van der Waals surface area contributed by atoms with Crippen molar-refractivity contribution in [2.75, 3.05) is 19.0 Å². The number of halogens is 3. The van der Waals surface area contributed by atoms with Gasteiger partial charge in [-0.25, -0.2) is 0 Å². The molecule has 0 aromatic heterocycles. The summed E-state index contributed by atoms with van der Waals surface area (Å²) >= 11 is 0. The van der Waals surface area contributed by atoms with Crippen molar-refractivity contribution >= 4 is 28.9 Å². The fourth-order valence-corrected chi connectivity index (χ4v) is 5.54. The number of nitrogens with one attached hydrogen (secondary N) is 2. The van der Waals surface area contributed by atoms with Crippen molar-refractivity contribution < 1.29 is 52.0 Å². The SMILES string of the molecule is COc1ccc(NC(=O)CCCCCN/C(C)=C2\C(=O)C=C3Oc4c(C(C)=O)c(O)c(C)c(O)c4C3(C)C2=O)cc1C(F)(F)F. The van der Waals surface area contributed by atoms with Gasteiger partial charge in [-0.15, -0.1) is 0 Å². The van der Waals surface area contributed by atoms with Gasteiger partial charge in [0.05, 0.1) is 23.8 Å². The summed E-state index contributed by atoms with van der Waals surface area (Å²) in [6, 6.07) is 3.27. The van der Waals surface area contributed by atoms with Crippen molar-refractivity contribution in [3.8, 4) is 23.0 Å². The van der Waals surface area contributed by atoms with E-state index in [-0.39, 0.29) is 57.3 Å². The van der Waals surface area contributed by atoms with Gasteiger partial charge in [-0.05, 0) is 58.7 Å². The molecule has 4 N–H and O–H groups in total. The predicted molar refractivity (Wildman–Crippen MR) is 156 cm³/mol. The van der Waals surface area contributed by atoms with Gasteiger partial charge in [0.15, 0.2) is 17.3 Å². The second-order valence-electron chi connectivity index (χ2n) is 11.1.